The molecule has 0 aromatic heterocycles. The van der Waals surface area contributed by atoms with Gasteiger partial charge in [0.15, 0.2) is 12.2 Å². The number of unbranched alkanes of at least 4 members (excludes halogenated alkanes) is 61. The molecule has 0 saturated carbocycles. The fourth-order valence-corrected chi connectivity index (χ4v) is 15.1. The van der Waals surface area contributed by atoms with Crippen molar-refractivity contribution in [1.29, 1.82) is 0 Å². The first kappa shape index (κ1) is 103. The molecule has 2 unspecified atom stereocenters. The van der Waals surface area contributed by atoms with E-state index in [1.165, 1.54) is 289 Å². The number of carbonyl (C=O) groups is 4. The number of phosphoric ester groups is 2. The van der Waals surface area contributed by atoms with Gasteiger partial charge in [-0.2, -0.15) is 0 Å². The number of hydrogen-bond acceptors (Lipinski definition) is 15. The minimum atomic E-state index is -4.96. The molecule has 0 aromatic carbocycles. The number of esters is 4. The molecule has 19 heteroatoms. The van der Waals surface area contributed by atoms with Crippen molar-refractivity contribution < 1.29 is 80.2 Å². The Balaban J connectivity index is 5.15. The fourth-order valence-electron chi connectivity index (χ4n) is 13.5. The van der Waals surface area contributed by atoms with E-state index in [1.807, 2.05) is 0 Å². The first-order chi connectivity index (χ1) is 51.2. The van der Waals surface area contributed by atoms with E-state index in [4.69, 9.17) is 37.0 Å². The maximum absolute atomic E-state index is 13.1. The van der Waals surface area contributed by atoms with E-state index in [0.29, 0.717) is 25.7 Å². The predicted octanol–water partition coefficient (Wildman–Crippen LogP) is 26.5. The minimum absolute atomic E-state index is 0.109. The molecule has 0 spiro atoms. The summed E-state index contributed by atoms with van der Waals surface area (Å²) in [6.07, 6.45) is 75.3. The molecule has 0 heterocycles. The van der Waals surface area contributed by atoms with Crippen molar-refractivity contribution >= 4 is 39.5 Å². The predicted molar refractivity (Wildman–Crippen MR) is 432 cm³/mol. The van der Waals surface area contributed by atoms with Crippen LogP contribution in [0.15, 0.2) is 0 Å². The molecule has 0 bridgehead atoms. The zero-order valence-corrected chi connectivity index (χ0v) is 70.5. The lowest BCUT2D eigenvalue weighted by atomic mass is 10.0. The standard InChI is InChI=1S/C86H168O17P2/c1-5-9-13-17-21-24-27-30-33-36-38-40-41-43-45-48-51-54-57-61-65-69-73-86(91)103-82(77-97-84(89)71-67-63-59-55-52-49-47-44-42-39-37-34-31-28-25-22-18-14-10-6-2)79-101-105(94,95)99-75-80(87)74-98-104(92,93)100-78-81(76-96-83(88)70-66-62-58-20-16-12-8-4)102-85(90)72-68-64-60-56-53-50-46-35-32-29-26-23-19-15-11-7-3/h80-82,87H,5-79H2,1-4H3,(H,92,93)(H,94,95)/t80-,81+,82+/m0/s1. The highest BCUT2D eigenvalue weighted by Gasteiger charge is 2.30. The monoisotopic (exact) mass is 1540 g/mol. The van der Waals surface area contributed by atoms with Gasteiger partial charge in [-0.3, -0.25) is 37.3 Å². The average molecular weight is 1540 g/mol. The largest absolute Gasteiger partial charge is 0.472 e. The lowest BCUT2D eigenvalue weighted by Gasteiger charge is -2.21. The van der Waals surface area contributed by atoms with Crippen molar-refractivity contribution in [1.82, 2.24) is 0 Å². The lowest BCUT2D eigenvalue weighted by Crippen LogP contribution is -2.30. The molecule has 0 amide bonds. The number of hydrogen-bond donors (Lipinski definition) is 3. The van der Waals surface area contributed by atoms with Gasteiger partial charge in [-0.15, -0.1) is 0 Å². The van der Waals surface area contributed by atoms with E-state index in [9.17, 15) is 43.2 Å². The second-order valence-electron chi connectivity index (χ2n) is 30.9. The third-order valence-corrected chi connectivity index (χ3v) is 22.3. The molecule has 0 aliphatic carbocycles. The lowest BCUT2D eigenvalue weighted by molar-refractivity contribution is -0.161. The Bertz CT molecular complexity index is 1980. The normalized spacial score (nSPS) is 13.7. The zero-order valence-electron chi connectivity index (χ0n) is 68.7. The maximum Gasteiger partial charge on any atom is 0.472 e. The van der Waals surface area contributed by atoms with Crippen LogP contribution in [-0.4, -0.2) is 96.7 Å². The van der Waals surface area contributed by atoms with Gasteiger partial charge in [-0.05, 0) is 25.7 Å². The van der Waals surface area contributed by atoms with Gasteiger partial charge in [-0.1, -0.05) is 419 Å². The summed E-state index contributed by atoms with van der Waals surface area (Å²) < 4.78 is 68.8. The molecule has 17 nitrogen and oxygen atoms in total. The van der Waals surface area contributed by atoms with Crippen LogP contribution in [0.1, 0.15) is 471 Å². The molecular formula is C86H168O17P2. The summed E-state index contributed by atoms with van der Waals surface area (Å²) in [5.41, 5.74) is 0. The van der Waals surface area contributed by atoms with E-state index in [1.54, 1.807) is 0 Å². The number of aliphatic hydroxyl groups is 1. The van der Waals surface area contributed by atoms with Crippen molar-refractivity contribution in [2.24, 2.45) is 0 Å². The number of ether oxygens (including phenoxy) is 4. The molecule has 5 atom stereocenters. The van der Waals surface area contributed by atoms with Crippen LogP contribution in [0.4, 0.5) is 0 Å². The van der Waals surface area contributed by atoms with Crippen molar-refractivity contribution in [2.75, 3.05) is 39.6 Å². The van der Waals surface area contributed by atoms with Crippen molar-refractivity contribution in [3.8, 4) is 0 Å². The Labute approximate surface area is 645 Å². The Morgan fingerprint density at radius 2 is 0.381 bits per heavy atom. The van der Waals surface area contributed by atoms with Gasteiger partial charge in [0, 0.05) is 25.7 Å². The molecule has 0 aliphatic rings. The van der Waals surface area contributed by atoms with Crippen molar-refractivity contribution in [3.05, 3.63) is 0 Å². The first-order valence-corrected chi connectivity index (χ1v) is 47.8. The number of aliphatic hydroxyl groups excluding tert-OH is 1. The molecular weight excluding hydrogens is 1370 g/mol. The van der Waals surface area contributed by atoms with Crippen LogP contribution >= 0.6 is 15.6 Å². The average Bonchev–Trinajstić information content (AvgIpc) is 0.919. The van der Waals surface area contributed by atoms with Crippen molar-refractivity contribution in [2.45, 2.75) is 489 Å². The number of phosphoric acid groups is 2. The summed E-state index contributed by atoms with van der Waals surface area (Å²) in [6.45, 7) is 5.01. The molecule has 0 radical (unpaired) electrons. The summed E-state index contributed by atoms with van der Waals surface area (Å²) >= 11 is 0. The van der Waals surface area contributed by atoms with Gasteiger partial charge >= 0.3 is 39.5 Å². The third-order valence-electron chi connectivity index (χ3n) is 20.4. The second-order valence-corrected chi connectivity index (χ2v) is 33.8. The summed E-state index contributed by atoms with van der Waals surface area (Å²) in [5, 5.41) is 10.7. The summed E-state index contributed by atoms with van der Waals surface area (Å²) in [6, 6.07) is 0. The molecule has 3 N–H and O–H groups in total. The number of rotatable bonds is 87. The molecule has 624 valence electrons. The zero-order chi connectivity index (χ0) is 76.7. The van der Waals surface area contributed by atoms with Gasteiger partial charge in [0.2, 0.25) is 0 Å². The molecule has 0 aliphatic heterocycles. The van der Waals surface area contributed by atoms with Gasteiger partial charge in [0.25, 0.3) is 0 Å². The van der Waals surface area contributed by atoms with Gasteiger partial charge < -0.3 is 33.8 Å². The van der Waals surface area contributed by atoms with Crippen LogP contribution in [0.25, 0.3) is 0 Å². The second kappa shape index (κ2) is 80.1. The SMILES string of the molecule is CCCCCCCCCCCCCCCCCCCCCCCCC(=O)O[C@H](COC(=O)CCCCCCCCCCCCCCCCCCCCCC)COP(=O)(O)OC[C@@H](O)COP(=O)(O)OC[C@@H](COC(=O)CCCCCCCCC)OC(=O)CCCCCCCCCCCCCCCCCC. The van der Waals surface area contributed by atoms with Gasteiger partial charge in [-0.25, -0.2) is 9.13 Å². The summed E-state index contributed by atoms with van der Waals surface area (Å²) in [4.78, 5) is 73.0. The van der Waals surface area contributed by atoms with Crippen LogP contribution in [-0.2, 0) is 65.4 Å². The van der Waals surface area contributed by atoms with E-state index < -0.39 is 97.5 Å². The quantitative estimate of drug-likeness (QED) is 0.0222. The van der Waals surface area contributed by atoms with Crippen LogP contribution in [0.3, 0.4) is 0 Å². The highest BCUT2D eigenvalue weighted by molar-refractivity contribution is 7.47. The fraction of sp³-hybridized carbons (Fsp3) is 0.953. The Kier molecular flexibility index (Phi) is 78.6. The van der Waals surface area contributed by atoms with Gasteiger partial charge in [0.05, 0.1) is 26.4 Å². The van der Waals surface area contributed by atoms with E-state index in [0.717, 1.165) is 103 Å². The highest BCUT2D eigenvalue weighted by Crippen LogP contribution is 2.45. The topological polar surface area (TPSA) is 237 Å². The summed E-state index contributed by atoms with van der Waals surface area (Å²) in [5.74, 6) is -2.10. The third kappa shape index (κ3) is 79.9. The minimum Gasteiger partial charge on any atom is -0.462 e. The Hall–Kier alpha value is -1.94. The van der Waals surface area contributed by atoms with E-state index in [2.05, 4.69) is 27.7 Å². The van der Waals surface area contributed by atoms with Crippen LogP contribution in [0.5, 0.6) is 0 Å². The maximum atomic E-state index is 13.1. The van der Waals surface area contributed by atoms with E-state index >= 15 is 0 Å². The van der Waals surface area contributed by atoms with Crippen LogP contribution in [0, 0.1) is 0 Å². The number of carbonyl (C=O) groups excluding carboxylic acids is 4. The van der Waals surface area contributed by atoms with Gasteiger partial charge in [0.1, 0.15) is 19.3 Å². The Morgan fingerprint density at radius 3 is 0.562 bits per heavy atom. The van der Waals surface area contributed by atoms with Crippen LogP contribution in [0.2, 0.25) is 0 Å². The molecule has 0 rings (SSSR count). The molecule has 105 heavy (non-hydrogen) atoms. The molecule has 0 aromatic rings. The smallest absolute Gasteiger partial charge is 0.462 e. The Morgan fingerprint density at radius 1 is 0.229 bits per heavy atom. The summed E-state index contributed by atoms with van der Waals surface area (Å²) in [7, 11) is -9.92. The molecule has 0 fully saturated rings. The van der Waals surface area contributed by atoms with Crippen molar-refractivity contribution in [3.63, 3.8) is 0 Å². The first-order valence-electron chi connectivity index (χ1n) is 44.8. The molecule has 0 saturated heterocycles. The van der Waals surface area contributed by atoms with E-state index in [-0.39, 0.29) is 25.7 Å². The van der Waals surface area contributed by atoms with Crippen LogP contribution < -0.4 is 0 Å². The highest BCUT2D eigenvalue weighted by atomic mass is 31.2.